The van der Waals surface area contributed by atoms with Gasteiger partial charge in [0, 0.05) is 17.3 Å². The Morgan fingerprint density at radius 2 is 1.93 bits per heavy atom. The van der Waals surface area contributed by atoms with Crippen molar-refractivity contribution in [2.24, 2.45) is 5.10 Å². The number of nitrogens with one attached hydrogen (secondary N) is 1. The Hall–Kier alpha value is -2.82. The number of nitrogens with zero attached hydrogens (tertiary/aromatic N) is 2. The van der Waals surface area contributed by atoms with Crippen LogP contribution < -0.4 is 10.3 Å². The number of benzene rings is 2. The van der Waals surface area contributed by atoms with Gasteiger partial charge in [-0.15, -0.1) is 0 Å². The fourth-order valence-electron chi connectivity index (χ4n) is 4.59. The third-order valence-electron chi connectivity index (χ3n) is 5.71. The lowest BCUT2D eigenvalue weighted by atomic mass is 9.78. The minimum absolute atomic E-state index is 0.131. The maximum atomic E-state index is 10.9. The summed E-state index contributed by atoms with van der Waals surface area (Å²) >= 11 is 0. The van der Waals surface area contributed by atoms with E-state index in [9.17, 15) is 4.79 Å². The number of aromatic carboxylic acids is 1. The molecule has 3 rings (SSSR count). The molecule has 0 radical (unpaired) electrons. The van der Waals surface area contributed by atoms with Crippen LogP contribution in [0.1, 0.15) is 74.0 Å². The van der Waals surface area contributed by atoms with Crippen molar-refractivity contribution < 1.29 is 9.90 Å². The molecule has 2 N–H and O–H groups in total. The maximum absolute atomic E-state index is 10.9. The molecule has 0 saturated heterocycles. The van der Waals surface area contributed by atoms with Crippen LogP contribution in [0, 0.1) is 6.92 Å². The zero-order chi connectivity index (χ0) is 21.3. The molecule has 0 unspecified atom stereocenters. The van der Waals surface area contributed by atoms with Crippen molar-refractivity contribution in [1.82, 2.24) is 0 Å². The summed E-state index contributed by atoms with van der Waals surface area (Å²) in [6.07, 6.45) is 2.96. The van der Waals surface area contributed by atoms with E-state index in [1.165, 1.54) is 16.8 Å². The summed E-state index contributed by atoms with van der Waals surface area (Å²) in [4.78, 5) is 13.5. The predicted octanol–water partition coefficient (Wildman–Crippen LogP) is 5.64. The van der Waals surface area contributed by atoms with Gasteiger partial charge in [-0.05, 0) is 100 Å². The Kier molecular flexibility index (Phi) is 5.69. The molecular weight excluding hydrogens is 362 g/mol. The first kappa shape index (κ1) is 20.9. The monoisotopic (exact) mass is 393 g/mol. The fraction of sp³-hybridized carbons (Fsp3) is 0.417. The molecule has 0 amide bonds. The molecule has 29 heavy (non-hydrogen) atoms. The van der Waals surface area contributed by atoms with Crippen molar-refractivity contribution in [3.05, 3.63) is 58.7 Å². The largest absolute Gasteiger partial charge is 0.478 e. The number of rotatable bonds is 5. The van der Waals surface area contributed by atoms with Crippen LogP contribution in [-0.2, 0) is 0 Å². The van der Waals surface area contributed by atoms with E-state index in [4.69, 9.17) is 5.11 Å². The van der Waals surface area contributed by atoms with Crippen LogP contribution in [0.15, 0.2) is 41.5 Å². The lowest BCUT2D eigenvalue weighted by molar-refractivity contribution is 0.0697. The van der Waals surface area contributed by atoms with Gasteiger partial charge in [0.25, 0.3) is 0 Å². The normalized spacial score (nSPS) is 18.2. The van der Waals surface area contributed by atoms with Crippen molar-refractivity contribution >= 4 is 23.6 Å². The molecular formula is C24H31N3O2. The molecule has 154 valence electrons. The number of carboxylic acids is 1. The predicted molar refractivity (Wildman–Crippen MR) is 121 cm³/mol. The van der Waals surface area contributed by atoms with Gasteiger partial charge in [0.2, 0.25) is 0 Å². The summed E-state index contributed by atoms with van der Waals surface area (Å²) in [6, 6.07) is 11.5. The first-order chi connectivity index (χ1) is 13.6. The van der Waals surface area contributed by atoms with E-state index in [-0.39, 0.29) is 11.1 Å². The number of hydrazone groups is 1. The van der Waals surface area contributed by atoms with E-state index < -0.39 is 5.97 Å². The molecule has 1 aliphatic heterocycles. The summed E-state index contributed by atoms with van der Waals surface area (Å²) < 4.78 is 0. The van der Waals surface area contributed by atoms with Crippen molar-refractivity contribution in [2.45, 2.75) is 65.5 Å². The zero-order valence-electron chi connectivity index (χ0n) is 18.2. The van der Waals surface area contributed by atoms with E-state index in [2.05, 4.69) is 69.1 Å². The van der Waals surface area contributed by atoms with Gasteiger partial charge < -0.3 is 10.0 Å². The van der Waals surface area contributed by atoms with Crippen LogP contribution in [-0.4, -0.2) is 28.9 Å². The quantitative estimate of drug-likeness (QED) is 0.510. The van der Waals surface area contributed by atoms with Gasteiger partial charge in [-0.25, -0.2) is 4.79 Å². The lowest BCUT2D eigenvalue weighted by Gasteiger charge is -2.50. The summed E-state index contributed by atoms with van der Waals surface area (Å²) in [5.74, 6) is -0.447. The average Bonchev–Trinajstić information content (AvgIpc) is 2.62. The molecule has 1 heterocycles. The molecule has 5 nitrogen and oxygen atoms in total. The Morgan fingerprint density at radius 3 is 2.52 bits per heavy atom. The van der Waals surface area contributed by atoms with E-state index in [1.807, 2.05) is 6.21 Å². The van der Waals surface area contributed by atoms with Gasteiger partial charge in [-0.3, -0.25) is 5.43 Å². The Labute approximate surface area is 173 Å². The highest BCUT2D eigenvalue weighted by Crippen LogP contribution is 2.45. The summed E-state index contributed by atoms with van der Waals surface area (Å²) in [6.45, 7) is 13.6. The topological polar surface area (TPSA) is 64.9 Å². The standard InChI is InChI=1S/C24H31N3O2/c1-15(2)27-22-11-16(3)19(12-21(22)17(4)13-24(27,5)6)14-25-26-20-9-7-18(8-10-20)23(28)29/h7-12,14-15,17,26H,13H2,1-6H3,(H,28,29)/b25-14+/t17-/m1/s1. The van der Waals surface area contributed by atoms with Gasteiger partial charge >= 0.3 is 5.97 Å². The molecule has 2 aromatic rings. The van der Waals surface area contributed by atoms with Crippen molar-refractivity contribution in [1.29, 1.82) is 0 Å². The van der Waals surface area contributed by atoms with E-state index in [0.717, 1.165) is 17.7 Å². The fourth-order valence-corrected chi connectivity index (χ4v) is 4.59. The van der Waals surface area contributed by atoms with Crippen LogP contribution >= 0.6 is 0 Å². The number of fused-ring (bicyclic) bond motifs is 1. The number of hydrogen-bond acceptors (Lipinski definition) is 4. The number of carboxylic acid groups (broad SMARTS) is 1. The molecule has 1 atom stereocenters. The minimum atomic E-state index is -0.933. The molecule has 0 fully saturated rings. The minimum Gasteiger partial charge on any atom is -0.478 e. The molecule has 1 aliphatic rings. The summed E-state index contributed by atoms with van der Waals surface area (Å²) in [7, 11) is 0. The second kappa shape index (κ2) is 7.90. The van der Waals surface area contributed by atoms with Crippen LogP contribution in [0.3, 0.4) is 0 Å². The van der Waals surface area contributed by atoms with Crippen LogP contribution in [0.4, 0.5) is 11.4 Å². The lowest BCUT2D eigenvalue weighted by Crippen LogP contribution is -2.51. The van der Waals surface area contributed by atoms with Gasteiger partial charge in [0.15, 0.2) is 0 Å². The van der Waals surface area contributed by atoms with Crippen molar-refractivity contribution in [3.8, 4) is 0 Å². The van der Waals surface area contributed by atoms with Crippen molar-refractivity contribution in [3.63, 3.8) is 0 Å². The van der Waals surface area contributed by atoms with Gasteiger partial charge in [0.1, 0.15) is 0 Å². The van der Waals surface area contributed by atoms with Crippen LogP contribution in [0.25, 0.3) is 0 Å². The number of carbonyl (C=O) groups is 1. The molecule has 0 aromatic heterocycles. The second-order valence-corrected chi connectivity index (χ2v) is 8.90. The van der Waals surface area contributed by atoms with Gasteiger partial charge in [-0.2, -0.15) is 5.10 Å². The highest BCUT2D eigenvalue weighted by molar-refractivity contribution is 5.88. The molecule has 0 aliphatic carbocycles. The average molecular weight is 394 g/mol. The van der Waals surface area contributed by atoms with Gasteiger partial charge in [-0.1, -0.05) is 6.92 Å². The van der Waals surface area contributed by atoms with Crippen LogP contribution in [0.5, 0.6) is 0 Å². The van der Waals surface area contributed by atoms with E-state index in [1.54, 1.807) is 24.3 Å². The van der Waals surface area contributed by atoms with Crippen molar-refractivity contribution in [2.75, 3.05) is 10.3 Å². The molecule has 0 bridgehead atoms. The van der Waals surface area contributed by atoms with Gasteiger partial charge in [0.05, 0.1) is 17.5 Å². The second-order valence-electron chi connectivity index (χ2n) is 8.90. The Balaban J connectivity index is 1.85. The molecule has 2 aromatic carbocycles. The number of anilines is 2. The summed E-state index contributed by atoms with van der Waals surface area (Å²) in [5, 5.41) is 13.3. The Bertz CT molecular complexity index is 930. The zero-order valence-corrected chi connectivity index (χ0v) is 18.2. The smallest absolute Gasteiger partial charge is 0.335 e. The van der Waals surface area contributed by atoms with Crippen LogP contribution in [0.2, 0.25) is 0 Å². The first-order valence-corrected chi connectivity index (χ1v) is 10.2. The number of hydrogen-bond donors (Lipinski definition) is 2. The third-order valence-corrected chi connectivity index (χ3v) is 5.71. The first-order valence-electron chi connectivity index (χ1n) is 10.2. The highest BCUT2D eigenvalue weighted by Gasteiger charge is 2.37. The van der Waals surface area contributed by atoms with E-state index in [0.29, 0.717) is 12.0 Å². The molecule has 0 saturated carbocycles. The summed E-state index contributed by atoms with van der Waals surface area (Å²) in [5.41, 5.74) is 9.11. The third kappa shape index (κ3) is 4.29. The maximum Gasteiger partial charge on any atom is 0.335 e. The highest BCUT2D eigenvalue weighted by atomic mass is 16.4. The van der Waals surface area contributed by atoms with E-state index >= 15 is 0 Å². The number of aryl methyl sites for hydroxylation is 1. The SMILES string of the molecule is Cc1cc2c(cc1/C=N/Nc1ccc(C(=O)O)cc1)[C@H](C)CC(C)(C)N2C(C)C. The molecule has 0 spiro atoms. The Morgan fingerprint density at radius 1 is 1.28 bits per heavy atom. The molecule has 5 heteroatoms.